The molecule has 2 aromatic carbocycles. The standard InChI is InChI=1S/C36H47N5O2/c1-3-5-19-40(20-6-4-2)36(43)41-21-17-32(18-22-41)38-23-25-39(26-24-38)35(42)31-27-33(29-13-9-7-10-14-29)37-34(28-31)30-15-11-8-12-16-30/h7-16,27-28,32H,3-6,17-26H2,1-2H3. The highest BCUT2D eigenvalue weighted by atomic mass is 16.2. The van der Waals surface area contributed by atoms with Crippen LogP contribution in [0.5, 0.6) is 0 Å². The van der Waals surface area contributed by atoms with Gasteiger partial charge in [0.1, 0.15) is 0 Å². The van der Waals surface area contributed by atoms with Gasteiger partial charge in [0.05, 0.1) is 11.4 Å². The van der Waals surface area contributed by atoms with Crippen LogP contribution in [0.1, 0.15) is 62.7 Å². The van der Waals surface area contributed by atoms with Gasteiger partial charge in [-0.25, -0.2) is 9.78 Å². The highest BCUT2D eigenvalue weighted by Gasteiger charge is 2.32. The first kappa shape index (κ1) is 30.7. The SMILES string of the molecule is CCCCN(CCCC)C(=O)N1CCC(N2CCN(C(=O)c3cc(-c4ccccc4)nc(-c4ccccc4)c3)CC2)CC1. The Morgan fingerprint density at radius 2 is 1.23 bits per heavy atom. The van der Waals surface area contributed by atoms with Gasteiger partial charge in [0.25, 0.3) is 5.91 Å². The molecule has 2 fully saturated rings. The first-order valence-corrected chi connectivity index (χ1v) is 16.3. The Morgan fingerprint density at radius 3 is 1.72 bits per heavy atom. The fraction of sp³-hybridized carbons (Fsp3) is 0.472. The maximum Gasteiger partial charge on any atom is 0.319 e. The minimum absolute atomic E-state index is 0.0658. The lowest BCUT2D eigenvalue weighted by atomic mass is 10.0. The van der Waals surface area contributed by atoms with Gasteiger partial charge in [-0.05, 0) is 37.8 Å². The third-order valence-corrected chi connectivity index (χ3v) is 8.90. The van der Waals surface area contributed by atoms with Crippen LogP contribution in [0.4, 0.5) is 4.79 Å². The number of unbranched alkanes of at least 4 members (excludes halogenated alkanes) is 2. The largest absolute Gasteiger partial charge is 0.336 e. The number of rotatable bonds is 10. The van der Waals surface area contributed by atoms with Gasteiger partial charge in [0.2, 0.25) is 0 Å². The van der Waals surface area contributed by atoms with Crippen molar-refractivity contribution in [1.82, 2.24) is 24.6 Å². The van der Waals surface area contributed by atoms with Gasteiger partial charge in [-0.15, -0.1) is 0 Å². The predicted molar refractivity (Wildman–Crippen MR) is 174 cm³/mol. The van der Waals surface area contributed by atoms with Crippen molar-refractivity contribution in [2.45, 2.75) is 58.4 Å². The third kappa shape index (κ3) is 7.82. The number of carbonyl (C=O) groups is 2. The average Bonchev–Trinajstić information content (AvgIpc) is 3.08. The van der Waals surface area contributed by atoms with Crippen molar-refractivity contribution < 1.29 is 9.59 Å². The summed E-state index contributed by atoms with van der Waals surface area (Å²) in [5, 5.41) is 0. The first-order chi connectivity index (χ1) is 21.1. The number of likely N-dealkylation sites (tertiary alicyclic amines) is 1. The molecule has 7 heteroatoms. The lowest BCUT2D eigenvalue weighted by Gasteiger charge is -2.43. The zero-order valence-electron chi connectivity index (χ0n) is 26.0. The zero-order chi connectivity index (χ0) is 30.0. The molecule has 3 amide bonds. The Balaban J connectivity index is 1.19. The van der Waals surface area contributed by atoms with E-state index in [-0.39, 0.29) is 11.9 Å². The van der Waals surface area contributed by atoms with Crippen molar-refractivity contribution in [2.75, 3.05) is 52.4 Å². The van der Waals surface area contributed by atoms with Crippen LogP contribution in [0.2, 0.25) is 0 Å². The smallest absolute Gasteiger partial charge is 0.319 e. The monoisotopic (exact) mass is 581 g/mol. The van der Waals surface area contributed by atoms with Crippen LogP contribution in [0.25, 0.3) is 22.5 Å². The first-order valence-electron chi connectivity index (χ1n) is 16.3. The van der Waals surface area contributed by atoms with Crippen molar-refractivity contribution in [3.63, 3.8) is 0 Å². The number of nitrogens with zero attached hydrogens (tertiary/aromatic N) is 5. The van der Waals surface area contributed by atoms with E-state index in [0.29, 0.717) is 24.7 Å². The van der Waals surface area contributed by atoms with Crippen LogP contribution in [0, 0.1) is 0 Å². The van der Waals surface area contributed by atoms with E-state index in [2.05, 4.69) is 28.5 Å². The van der Waals surface area contributed by atoms with Gasteiger partial charge in [-0.1, -0.05) is 87.4 Å². The van der Waals surface area contributed by atoms with Gasteiger partial charge in [-0.2, -0.15) is 0 Å². The number of pyridine rings is 1. The molecule has 43 heavy (non-hydrogen) atoms. The number of piperazine rings is 1. The molecule has 2 saturated heterocycles. The summed E-state index contributed by atoms with van der Waals surface area (Å²) in [7, 11) is 0. The van der Waals surface area contributed by atoms with E-state index in [4.69, 9.17) is 4.98 Å². The number of aromatic nitrogens is 1. The molecule has 0 spiro atoms. The molecule has 2 aliphatic rings. The molecular formula is C36H47N5O2. The Hall–Kier alpha value is -3.71. The molecule has 1 aromatic heterocycles. The molecule has 2 aliphatic heterocycles. The minimum Gasteiger partial charge on any atom is -0.336 e. The van der Waals surface area contributed by atoms with Crippen LogP contribution in [0.3, 0.4) is 0 Å². The van der Waals surface area contributed by atoms with Crippen molar-refractivity contribution in [1.29, 1.82) is 0 Å². The highest BCUT2D eigenvalue weighted by Crippen LogP contribution is 2.26. The fourth-order valence-corrected chi connectivity index (χ4v) is 6.26. The summed E-state index contributed by atoms with van der Waals surface area (Å²) in [5.74, 6) is 0.0658. The summed E-state index contributed by atoms with van der Waals surface area (Å²) >= 11 is 0. The summed E-state index contributed by atoms with van der Waals surface area (Å²) in [5.41, 5.74) is 4.32. The molecule has 3 heterocycles. The van der Waals surface area contributed by atoms with Gasteiger partial charge in [0, 0.05) is 75.1 Å². The molecule has 0 unspecified atom stereocenters. The van der Waals surface area contributed by atoms with Crippen molar-refractivity contribution in [3.05, 3.63) is 78.4 Å². The molecule has 0 atom stereocenters. The molecule has 228 valence electrons. The number of amides is 3. The Morgan fingerprint density at radius 1 is 0.721 bits per heavy atom. The van der Waals surface area contributed by atoms with E-state index in [1.165, 1.54) is 0 Å². The second-order valence-electron chi connectivity index (χ2n) is 11.9. The van der Waals surface area contributed by atoms with Crippen LogP contribution in [-0.4, -0.2) is 94.9 Å². The Kier molecular flexibility index (Phi) is 10.8. The summed E-state index contributed by atoms with van der Waals surface area (Å²) in [4.78, 5) is 40.7. The lowest BCUT2D eigenvalue weighted by molar-refractivity contribution is 0.0460. The molecule has 5 rings (SSSR count). The van der Waals surface area contributed by atoms with Crippen molar-refractivity contribution >= 4 is 11.9 Å². The van der Waals surface area contributed by atoms with E-state index in [9.17, 15) is 9.59 Å². The van der Waals surface area contributed by atoms with Crippen molar-refractivity contribution in [3.8, 4) is 22.5 Å². The molecule has 0 aliphatic carbocycles. The maximum atomic E-state index is 13.8. The highest BCUT2D eigenvalue weighted by molar-refractivity contribution is 5.96. The summed E-state index contributed by atoms with van der Waals surface area (Å²) in [6.45, 7) is 10.9. The van der Waals surface area contributed by atoms with E-state index in [1.807, 2.05) is 77.7 Å². The number of benzene rings is 2. The second kappa shape index (κ2) is 15.1. The number of urea groups is 1. The van der Waals surface area contributed by atoms with E-state index < -0.39 is 0 Å². The van der Waals surface area contributed by atoms with E-state index in [1.54, 1.807) is 0 Å². The van der Waals surface area contributed by atoms with Gasteiger partial charge < -0.3 is 14.7 Å². The maximum absolute atomic E-state index is 13.8. The molecule has 3 aromatic rings. The summed E-state index contributed by atoms with van der Waals surface area (Å²) < 4.78 is 0. The fourth-order valence-electron chi connectivity index (χ4n) is 6.26. The quantitative estimate of drug-likeness (QED) is 0.269. The molecule has 0 bridgehead atoms. The summed E-state index contributed by atoms with van der Waals surface area (Å²) in [6, 6.07) is 24.7. The average molecular weight is 582 g/mol. The third-order valence-electron chi connectivity index (χ3n) is 8.90. The van der Waals surface area contributed by atoms with Gasteiger partial charge >= 0.3 is 6.03 Å². The number of piperidine rings is 1. The van der Waals surface area contributed by atoms with Crippen LogP contribution in [-0.2, 0) is 0 Å². The van der Waals surface area contributed by atoms with E-state index in [0.717, 1.165) is 100 Å². The normalized spacial score (nSPS) is 16.3. The van der Waals surface area contributed by atoms with Crippen LogP contribution < -0.4 is 0 Å². The molecule has 0 saturated carbocycles. The van der Waals surface area contributed by atoms with Crippen LogP contribution in [0.15, 0.2) is 72.8 Å². The molecule has 0 radical (unpaired) electrons. The Bertz CT molecular complexity index is 1250. The zero-order valence-corrected chi connectivity index (χ0v) is 26.0. The minimum atomic E-state index is 0.0658. The second-order valence-corrected chi connectivity index (χ2v) is 11.9. The van der Waals surface area contributed by atoms with Crippen LogP contribution >= 0.6 is 0 Å². The predicted octanol–water partition coefficient (Wildman–Crippen LogP) is 6.66. The van der Waals surface area contributed by atoms with E-state index >= 15 is 0 Å². The number of carbonyl (C=O) groups excluding carboxylic acids is 2. The van der Waals surface area contributed by atoms with Gasteiger partial charge in [0.15, 0.2) is 0 Å². The molecule has 7 nitrogen and oxygen atoms in total. The molecular weight excluding hydrogens is 534 g/mol. The Labute approximate surface area is 257 Å². The van der Waals surface area contributed by atoms with Crippen molar-refractivity contribution in [2.24, 2.45) is 0 Å². The lowest BCUT2D eigenvalue weighted by Crippen LogP contribution is -2.55. The topological polar surface area (TPSA) is 60.0 Å². The van der Waals surface area contributed by atoms with Gasteiger partial charge in [-0.3, -0.25) is 9.69 Å². The summed E-state index contributed by atoms with van der Waals surface area (Å²) in [6.07, 6.45) is 6.34. The molecule has 0 N–H and O–H groups in total. The number of hydrogen-bond acceptors (Lipinski definition) is 4. The number of hydrogen-bond donors (Lipinski definition) is 0.